The molecule has 8 nitrogen and oxygen atoms in total. The zero-order chi connectivity index (χ0) is 23.0. The van der Waals surface area contributed by atoms with Crippen molar-refractivity contribution in [3.05, 3.63) is 75.0 Å². The maximum Gasteiger partial charge on any atom is 0.278 e. The minimum atomic E-state index is -4.06. The Hall–Kier alpha value is -3.15. The van der Waals surface area contributed by atoms with E-state index in [1.165, 1.54) is 36.4 Å². The molecule has 0 saturated heterocycles. The van der Waals surface area contributed by atoms with Crippen molar-refractivity contribution < 1.29 is 27.4 Å². The average Bonchev–Trinajstić information content (AvgIpc) is 3.16. The Labute approximate surface area is 191 Å². The Morgan fingerprint density at radius 2 is 2.00 bits per heavy atom. The normalized spacial score (nSPS) is 14.8. The highest BCUT2D eigenvalue weighted by Crippen LogP contribution is 2.41. The lowest BCUT2D eigenvalue weighted by Crippen LogP contribution is -2.36. The first-order chi connectivity index (χ1) is 15.2. The molecule has 32 heavy (non-hydrogen) atoms. The number of nitrogens with zero attached hydrogens (tertiary/aromatic N) is 2. The number of nitrogens with one attached hydrogen (secondary N) is 1. The fourth-order valence-corrected chi connectivity index (χ4v) is 5.92. The summed E-state index contributed by atoms with van der Waals surface area (Å²) >= 11 is 6.76. The average molecular weight is 496 g/mol. The van der Waals surface area contributed by atoms with E-state index in [0.717, 1.165) is 18.4 Å². The third-order valence-corrected chi connectivity index (χ3v) is 7.71. The highest BCUT2D eigenvalue weighted by Gasteiger charge is 2.39. The first kappa shape index (κ1) is 22.1. The van der Waals surface area contributed by atoms with E-state index >= 15 is 0 Å². The number of pyridine rings is 1. The molecule has 0 spiro atoms. The lowest BCUT2D eigenvalue weighted by atomic mass is 10.2. The van der Waals surface area contributed by atoms with Gasteiger partial charge in [0, 0.05) is 7.05 Å². The first-order valence-corrected chi connectivity index (χ1v) is 11.7. The maximum absolute atomic E-state index is 13.0. The Morgan fingerprint density at radius 3 is 2.72 bits per heavy atom. The number of anilines is 1. The second-order valence-electron chi connectivity index (χ2n) is 6.62. The molecular formula is C20H15ClFN3O5S2. The van der Waals surface area contributed by atoms with Crippen LogP contribution in [-0.4, -0.2) is 35.8 Å². The van der Waals surface area contributed by atoms with Crippen LogP contribution in [0.15, 0.2) is 59.1 Å². The van der Waals surface area contributed by atoms with Gasteiger partial charge >= 0.3 is 0 Å². The first-order valence-electron chi connectivity index (χ1n) is 9.04. The van der Waals surface area contributed by atoms with Crippen molar-refractivity contribution in [2.45, 2.75) is 11.5 Å². The number of aliphatic hydroxyl groups is 1. The van der Waals surface area contributed by atoms with Crippen LogP contribution in [0.1, 0.15) is 10.6 Å². The number of sulfonamides is 1. The number of aliphatic hydroxyl groups excluding tert-OH is 1. The van der Waals surface area contributed by atoms with Crippen molar-refractivity contribution in [3.63, 3.8) is 0 Å². The van der Waals surface area contributed by atoms with Gasteiger partial charge in [-0.3, -0.25) is 9.10 Å². The number of aromatic nitrogens is 1. The van der Waals surface area contributed by atoms with Crippen LogP contribution in [0.4, 0.5) is 10.2 Å². The number of amides is 1. The number of hydrogen-bond acceptors (Lipinski definition) is 7. The van der Waals surface area contributed by atoms with Gasteiger partial charge in [-0.05, 0) is 42.5 Å². The Balaban J connectivity index is 1.55. The van der Waals surface area contributed by atoms with Gasteiger partial charge in [-0.1, -0.05) is 17.7 Å². The van der Waals surface area contributed by atoms with Crippen LogP contribution in [0.3, 0.4) is 0 Å². The molecule has 0 unspecified atom stereocenters. The summed E-state index contributed by atoms with van der Waals surface area (Å²) in [6, 6.07) is 11.5. The lowest BCUT2D eigenvalue weighted by molar-refractivity contribution is -0.113. The molecule has 0 radical (unpaired) electrons. The van der Waals surface area contributed by atoms with Crippen molar-refractivity contribution in [2.24, 2.45) is 0 Å². The van der Waals surface area contributed by atoms with Crippen LogP contribution < -0.4 is 10.1 Å². The molecule has 3 aromatic rings. The summed E-state index contributed by atoms with van der Waals surface area (Å²) in [5, 5.41) is 13.1. The molecule has 0 bridgehead atoms. The number of rotatable bonds is 5. The third kappa shape index (κ3) is 4.14. The third-order valence-electron chi connectivity index (χ3n) is 4.52. The highest BCUT2D eigenvalue weighted by atomic mass is 35.5. The molecule has 12 heteroatoms. The predicted molar refractivity (Wildman–Crippen MR) is 117 cm³/mol. The number of thiophene rings is 1. The molecule has 1 amide bonds. The number of hydrogen-bond donors (Lipinski definition) is 2. The molecule has 2 N–H and O–H groups in total. The van der Waals surface area contributed by atoms with Gasteiger partial charge in [0.05, 0.1) is 14.9 Å². The molecule has 1 aromatic carbocycles. The van der Waals surface area contributed by atoms with E-state index in [9.17, 15) is 22.7 Å². The smallest absolute Gasteiger partial charge is 0.278 e. The van der Waals surface area contributed by atoms with Crippen molar-refractivity contribution in [3.8, 4) is 5.75 Å². The molecule has 1 aliphatic heterocycles. The van der Waals surface area contributed by atoms with Gasteiger partial charge in [0.2, 0.25) is 0 Å². The largest absolute Gasteiger partial charge is 0.504 e. The van der Waals surface area contributed by atoms with E-state index in [-0.39, 0.29) is 32.4 Å². The van der Waals surface area contributed by atoms with Gasteiger partial charge in [-0.15, -0.1) is 11.3 Å². The Morgan fingerprint density at radius 1 is 1.28 bits per heavy atom. The fourth-order valence-electron chi connectivity index (χ4n) is 2.97. The zero-order valence-electron chi connectivity index (χ0n) is 16.4. The molecular weight excluding hydrogens is 481 g/mol. The topological polar surface area (TPSA) is 109 Å². The van der Waals surface area contributed by atoms with Crippen LogP contribution in [0.25, 0.3) is 5.76 Å². The standard InChI is InChI=1S/C20H15ClFN3O5S2/c1-25-17(18(26)19-14(32(25,28)29)9-15(21)31-19)20(27)24-16-4-2-3-12(23-16)10-30-13-7-5-11(22)6-8-13/h2-9,26H,10H2,1H3,(H,23,24,27). The monoisotopic (exact) mass is 495 g/mol. The van der Waals surface area contributed by atoms with Crippen LogP contribution >= 0.6 is 22.9 Å². The zero-order valence-corrected chi connectivity index (χ0v) is 18.8. The van der Waals surface area contributed by atoms with Crippen molar-refractivity contribution in [1.82, 2.24) is 9.29 Å². The molecule has 0 atom stereocenters. The highest BCUT2D eigenvalue weighted by molar-refractivity contribution is 7.89. The summed E-state index contributed by atoms with van der Waals surface area (Å²) in [4.78, 5) is 16.9. The number of fused-ring (bicyclic) bond motifs is 1. The molecule has 4 rings (SSSR count). The SMILES string of the molecule is CN1C(C(=O)Nc2cccc(COc3ccc(F)cc3)n2)=C(O)c2sc(Cl)cc2S1(=O)=O. The van der Waals surface area contributed by atoms with E-state index in [1.807, 2.05) is 0 Å². The minimum Gasteiger partial charge on any atom is -0.504 e. The Kier molecular flexibility index (Phi) is 5.80. The summed E-state index contributed by atoms with van der Waals surface area (Å²) in [6.07, 6.45) is 0. The van der Waals surface area contributed by atoms with Crippen molar-refractivity contribution in [2.75, 3.05) is 12.4 Å². The number of benzene rings is 1. The van der Waals surface area contributed by atoms with Crippen LogP contribution in [-0.2, 0) is 21.4 Å². The number of likely N-dealkylation sites (N-methyl/N-ethyl adjacent to an activating group) is 1. The summed E-state index contributed by atoms with van der Waals surface area (Å²) in [6.45, 7) is 0.0502. The number of carbonyl (C=O) groups excluding carboxylic acids is 1. The number of halogens is 2. The summed E-state index contributed by atoms with van der Waals surface area (Å²) < 4.78 is 44.8. The second-order valence-corrected chi connectivity index (χ2v) is 10.2. The quantitative estimate of drug-likeness (QED) is 0.553. The van der Waals surface area contributed by atoms with Crippen LogP contribution in [0.2, 0.25) is 4.34 Å². The van der Waals surface area contributed by atoms with Gasteiger partial charge in [-0.25, -0.2) is 17.8 Å². The van der Waals surface area contributed by atoms with Crippen molar-refractivity contribution in [1.29, 1.82) is 0 Å². The molecule has 1 aliphatic rings. The molecule has 166 valence electrons. The summed E-state index contributed by atoms with van der Waals surface area (Å²) in [5.74, 6) is -1.19. The summed E-state index contributed by atoms with van der Waals surface area (Å²) in [5.41, 5.74) is 0.00746. The molecule has 0 saturated carbocycles. The predicted octanol–water partition coefficient (Wildman–Crippen LogP) is 4.01. The lowest BCUT2D eigenvalue weighted by Gasteiger charge is -2.26. The number of ether oxygens (including phenoxy) is 1. The van der Waals surface area contributed by atoms with Gasteiger partial charge in [0.15, 0.2) is 11.5 Å². The van der Waals surface area contributed by atoms with Gasteiger partial charge < -0.3 is 15.2 Å². The molecule has 2 aromatic heterocycles. The van der Waals surface area contributed by atoms with Crippen LogP contribution in [0, 0.1) is 5.82 Å². The van der Waals surface area contributed by atoms with E-state index in [0.29, 0.717) is 15.7 Å². The maximum atomic E-state index is 13.0. The van der Waals surface area contributed by atoms with E-state index < -0.39 is 27.4 Å². The molecule has 0 aliphatic carbocycles. The molecule has 0 fully saturated rings. The van der Waals surface area contributed by atoms with Gasteiger partial charge in [-0.2, -0.15) is 0 Å². The molecule has 3 heterocycles. The Bertz CT molecular complexity index is 1340. The van der Waals surface area contributed by atoms with E-state index in [1.54, 1.807) is 12.1 Å². The second kappa shape index (κ2) is 8.41. The van der Waals surface area contributed by atoms with Crippen LogP contribution in [0.5, 0.6) is 5.75 Å². The van der Waals surface area contributed by atoms with Gasteiger partial charge in [0.1, 0.15) is 28.9 Å². The van der Waals surface area contributed by atoms with Crippen molar-refractivity contribution >= 4 is 50.4 Å². The van der Waals surface area contributed by atoms with Gasteiger partial charge in [0.25, 0.3) is 15.9 Å². The summed E-state index contributed by atoms with van der Waals surface area (Å²) in [7, 11) is -2.89. The number of carbonyl (C=O) groups is 1. The fraction of sp³-hybridized carbons (Fsp3) is 0.100. The van der Waals surface area contributed by atoms with E-state index in [2.05, 4.69) is 10.3 Å². The van der Waals surface area contributed by atoms with E-state index in [4.69, 9.17) is 16.3 Å². The minimum absolute atomic E-state index is 0.00680.